The van der Waals surface area contributed by atoms with E-state index in [9.17, 15) is 4.79 Å². The third kappa shape index (κ3) is 3.52. The van der Waals surface area contributed by atoms with Crippen molar-refractivity contribution >= 4 is 17.5 Å². The number of rotatable bonds is 2. The molecule has 1 aliphatic carbocycles. The van der Waals surface area contributed by atoms with Gasteiger partial charge in [-0.15, -0.1) is 0 Å². The van der Waals surface area contributed by atoms with Crippen LogP contribution in [-0.2, 0) is 0 Å². The van der Waals surface area contributed by atoms with E-state index < -0.39 is 0 Å². The van der Waals surface area contributed by atoms with Crippen molar-refractivity contribution in [3.8, 4) is 0 Å². The van der Waals surface area contributed by atoms with Gasteiger partial charge in [0.1, 0.15) is 5.82 Å². The molecule has 2 fully saturated rings. The highest BCUT2D eigenvalue weighted by Crippen LogP contribution is 2.35. The molecule has 23 heavy (non-hydrogen) atoms. The Bertz CT molecular complexity index is 575. The summed E-state index contributed by atoms with van der Waals surface area (Å²) in [5.41, 5.74) is 0.386. The van der Waals surface area contributed by atoms with Gasteiger partial charge in [0, 0.05) is 18.5 Å². The predicted molar refractivity (Wildman–Crippen MR) is 91.8 cm³/mol. The molecule has 1 aromatic rings. The molecule has 1 aromatic heterocycles. The van der Waals surface area contributed by atoms with Gasteiger partial charge >= 0.3 is 0 Å². The molecule has 1 saturated heterocycles. The van der Waals surface area contributed by atoms with Crippen LogP contribution in [0, 0.1) is 5.92 Å². The summed E-state index contributed by atoms with van der Waals surface area (Å²) in [6.45, 7) is 4.89. The van der Waals surface area contributed by atoms with E-state index >= 15 is 0 Å². The van der Waals surface area contributed by atoms with Crippen LogP contribution in [0.1, 0.15) is 81.0 Å². The van der Waals surface area contributed by atoms with Crippen molar-refractivity contribution in [1.82, 2.24) is 14.9 Å². The maximum Gasteiger partial charge on any atom is 0.274 e. The fourth-order valence-corrected chi connectivity index (χ4v) is 4.16. The minimum absolute atomic E-state index is 0.00176. The monoisotopic (exact) mass is 335 g/mol. The second-order valence-electron chi connectivity index (χ2n) is 7.19. The van der Waals surface area contributed by atoms with Crippen molar-refractivity contribution in [2.75, 3.05) is 6.54 Å². The zero-order valence-electron chi connectivity index (χ0n) is 14.1. The fraction of sp³-hybridized carbons (Fsp3) is 0.722. The highest BCUT2D eigenvalue weighted by Gasteiger charge is 2.35. The van der Waals surface area contributed by atoms with Gasteiger partial charge < -0.3 is 4.90 Å². The average molecular weight is 336 g/mol. The Kier molecular flexibility index (Phi) is 5.20. The summed E-state index contributed by atoms with van der Waals surface area (Å²) in [7, 11) is 0. The summed E-state index contributed by atoms with van der Waals surface area (Å²) in [5, 5.41) is 0.371. The number of halogens is 1. The standard InChI is InChI=1S/C18H26ClN3O/c1-12(2)17-20-11-14(19)16(21-17)18(23)22-10-6-5-8-13-7-3-4-9-15(13)22/h11-13,15H,3-10H2,1-2H3/t13-,15+/m0/s1. The molecule has 3 rings (SSSR count). The number of hydrogen-bond donors (Lipinski definition) is 0. The van der Waals surface area contributed by atoms with Gasteiger partial charge in [0.15, 0.2) is 5.69 Å². The topological polar surface area (TPSA) is 46.1 Å². The van der Waals surface area contributed by atoms with Crippen molar-refractivity contribution in [2.24, 2.45) is 5.92 Å². The molecule has 0 spiro atoms. The van der Waals surface area contributed by atoms with Crippen LogP contribution >= 0.6 is 11.6 Å². The summed E-state index contributed by atoms with van der Waals surface area (Å²) in [6, 6.07) is 0.368. The molecule has 2 heterocycles. The van der Waals surface area contributed by atoms with E-state index in [1.165, 1.54) is 32.1 Å². The van der Waals surface area contributed by atoms with Gasteiger partial charge in [0.2, 0.25) is 0 Å². The van der Waals surface area contributed by atoms with Gasteiger partial charge in [-0.2, -0.15) is 0 Å². The van der Waals surface area contributed by atoms with Crippen LogP contribution in [-0.4, -0.2) is 33.4 Å². The van der Waals surface area contributed by atoms with Gasteiger partial charge in [-0.3, -0.25) is 4.79 Å². The maximum atomic E-state index is 13.2. The fourth-order valence-electron chi connectivity index (χ4n) is 3.99. The highest BCUT2D eigenvalue weighted by atomic mass is 35.5. The number of carbonyl (C=O) groups is 1. The lowest BCUT2D eigenvalue weighted by molar-refractivity contribution is 0.0562. The minimum Gasteiger partial charge on any atom is -0.334 e. The highest BCUT2D eigenvalue weighted by molar-refractivity contribution is 6.33. The molecule has 1 saturated carbocycles. The number of carbonyl (C=O) groups excluding carboxylic acids is 1. The van der Waals surface area contributed by atoms with Crippen LogP contribution in [0.5, 0.6) is 0 Å². The molecule has 126 valence electrons. The van der Waals surface area contributed by atoms with Crippen molar-refractivity contribution in [2.45, 2.75) is 70.8 Å². The van der Waals surface area contributed by atoms with Crippen LogP contribution in [0.4, 0.5) is 0 Å². The molecule has 0 radical (unpaired) electrons. The van der Waals surface area contributed by atoms with Crippen molar-refractivity contribution in [3.05, 3.63) is 22.7 Å². The first-order valence-electron chi connectivity index (χ1n) is 8.91. The van der Waals surface area contributed by atoms with Crippen molar-refractivity contribution in [3.63, 3.8) is 0 Å². The zero-order valence-corrected chi connectivity index (χ0v) is 14.9. The Morgan fingerprint density at radius 1 is 1.22 bits per heavy atom. The van der Waals surface area contributed by atoms with Crippen LogP contribution in [0.3, 0.4) is 0 Å². The van der Waals surface area contributed by atoms with E-state index in [2.05, 4.69) is 14.9 Å². The van der Waals surface area contributed by atoms with Crippen LogP contribution in [0.15, 0.2) is 6.20 Å². The lowest BCUT2D eigenvalue weighted by Crippen LogP contribution is -2.45. The Balaban J connectivity index is 1.90. The molecule has 0 unspecified atom stereocenters. The molecule has 1 amide bonds. The van der Waals surface area contributed by atoms with Crippen LogP contribution in [0.2, 0.25) is 5.02 Å². The summed E-state index contributed by atoms with van der Waals surface area (Å²) < 4.78 is 0. The maximum absolute atomic E-state index is 13.2. The SMILES string of the molecule is CC(C)c1ncc(Cl)c(C(=O)N2CCCC[C@@H]3CCCC[C@H]32)n1. The summed E-state index contributed by atoms with van der Waals surface area (Å²) in [6.07, 6.45) is 10.0. The van der Waals surface area contributed by atoms with Crippen LogP contribution < -0.4 is 0 Å². The number of nitrogens with zero attached hydrogens (tertiary/aromatic N) is 3. The lowest BCUT2D eigenvalue weighted by Gasteiger charge is -2.38. The molecule has 1 aliphatic heterocycles. The first-order valence-corrected chi connectivity index (χ1v) is 9.29. The van der Waals surface area contributed by atoms with E-state index in [0.29, 0.717) is 28.5 Å². The Labute approximate surface area is 143 Å². The molecule has 2 aliphatic rings. The van der Waals surface area contributed by atoms with Crippen molar-refractivity contribution in [1.29, 1.82) is 0 Å². The van der Waals surface area contributed by atoms with E-state index in [-0.39, 0.29) is 11.8 Å². The second-order valence-corrected chi connectivity index (χ2v) is 7.59. The molecular weight excluding hydrogens is 310 g/mol. The zero-order chi connectivity index (χ0) is 16.4. The third-order valence-corrected chi connectivity index (χ3v) is 5.51. The number of likely N-dealkylation sites (tertiary alicyclic amines) is 1. The van der Waals surface area contributed by atoms with Crippen LogP contribution in [0.25, 0.3) is 0 Å². The van der Waals surface area contributed by atoms with Gasteiger partial charge in [-0.25, -0.2) is 9.97 Å². The summed E-state index contributed by atoms with van der Waals surface area (Å²) >= 11 is 6.26. The van der Waals surface area contributed by atoms with E-state index in [1.54, 1.807) is 6.20 Å². The second kappa shape index (κ2) is 7.16. The third-order valence-electron chi connectivity index (χ3n) is 5.24. The first-order chi connectivity index (χ1) is 11.1. The molecule has 2 atom stereocenters. The first kappa shape index (κ1) is 16.7. The van der Waals surface area contributed by atoms with Gasteiger partial charge in [0.25, 0.3) is 5.91 Å². The predicted octanol–water partition coefficient (Wildman–Crippen LogP) is 4.44. The number of amides is 1. The van der Waals surface area contributed by atoms with E-state index in [0.717, 1.165) is 19.4 Å². The number of hydrogen-bond acceptors (Lipinski definition) is 3. The number of fused-ring (bicyclic) bond motifs is 1. The Hall–Kier alpha value is -1.16. The molecule has 4 nitrogen and oxygen atoms in total. The lowest BCUT2D eigenvalue weighted by atomic mass is 9.81. The Morgan fingerprint density at radius 3 is 2.65 bits per heavy atom. The number of aromatic nitrogens is 2. The largest absolute Gasteiger partial charge is 0.334 e. The molecule has 0 N–H and O–H groups in total. The molecular formula is C18H26ClN3O. The molecule has 5 heteroatoms. The van der Waals surface area contributed by atoms with Gasteiger partial charge in [0.05, 0.1) is 11.2 Å². The smallest absolute Gasteiger partial charge is 0.274 e. The summed E-state index contributed by atoms with van der Waals surface area (Å²) in [4.78, 5) is 24.0. The quantitative estimate of drug-likeness (QED) is 0.802. The Morgan fingerprint density at radius 2 is 1.91 bits per heavy atom. The average Bonchev–Trinajstić information content (AvgIpc) is 2.77. The van der Waals surface area contributed by atoms with Crippen molar-refractivity contribution < 1.29 is 4.79 Å². The summed E-state index contributed by atoms with van der Waals surface area (Å²) in [5.74, 6) is 1.52. The van der Waals surface area contributed by atoms with Gasteiger partial charge in [-0.1, -0.05) is 44.7 Å². The van der Waals surface area contributed by atoms with Gasteiger partial charge in [-0.05, 0) is 31.6 Å². The van der Waals surface area contributed by atoms with E-state index in [4.69, 9.17) is 11.6 Å². The normalized spacial score (nSPS) is 25.1. The molecule has 0 bridgehead atoms. The minimum atomic E-state index is -0.00176. The van der Waals surface area contributed by atoms with E-state index in [1.807, 2.05) is 13.8 Å². The molecule has 0 aromatic carbocycles.